The fourth-order valence-corrected chi connectivity index (χ4v) is 2.47. The molecule has 0 radical (unpaired) electrons. The van der Waals surface area contributed by atoms with Crippen molar-refractivity contribution in [2.75, 3.05) is 13.1 Å². The van der Waals surface area contributed by atoms with Crippen LogP contribution in [0.5, 0.6) is 0 Å². The van der Waals surface area contributed by atoms with Gasteiger partial charge in [0.1, 0.15) is 0 Å². The molecule has 16 heavy (non-hydrogen) atoms. The van der Waals surface area contributed by atoms with Gasteiger partial charge in [0.2, 0.25) is 0 Å². The second-order valence-electron chi connectivity index (χ2n) is 5.65. The summed E-state index contributed by atoms with van der Waals surface area (Å²) in [6.45, 7) is 8.84. The first kappa shape index (κ1) is 11.6. The van der Waals surface area contributed by atoms with E-state index in [0.717, 1.165) is 6.54 Å². The fraction of sp³-hybridized carbons (Fsp3) is 0.571. The molecule has 1 aliphatic rings. The maximum Gasteiger partial charge on any atom is 0.0234 e. The summed E-state index contributed by atoms with van der Waals surface area (Å²) in [7, 11) is 0. The molecule has 0 bridgehead atoms. The summed E-state index contributed by atoms with van der Waals surface area (Å²) >= 11 is 0. The molecule has 0 atom stereocenters. The zero-order valence-electron chi connectivity index (χ0n) is 10.4. The standard InChI is InChI=1S/C14H22N2/c1-14(2)6-7-16(11-14)10-13-5-3-4-12(8-13)9-15/h3-5,8H,6-7,9-11,15H2,1-2H3. The van der Waals surface area contributed by atoms with Crippen molar-refractivity contribution in [2.24, 2.45) is 11.1 Å². The van der Waals surface area contributed by atoms with Gasteiger partial charge in [0, 0.05) is 19.6 Å². The number of likely N-dealkylation sites (tertiary alicyclic amines) is 1. The Hall–Kier alpha value is -0.860. The molecule has 0 saturated carbocycles. The highest BCUT2D eigenvalue weighted by molar-refractivity contribution is 5.23. The lowest BCUT2D eigenvalue weighted by Gasteiger charge is -2.19. The second-order valence-corrected chi connectivity index (χ2v) is 5.65. The van der Waals surface area contributed by atoms with Crippen molar-refractivity contribution in [3.8, 4) is 0 Å². The lowest BCUT2D eigenvalue weighted by molar-refractivity contribution is 0.284. The number of benzene rings is 1. The van der Waals surface area contributed by atoms with Crippen molar-refractivity contribution in [3.05, 3.63) is 35.4 Å². The van der Waals surface area contributed by atoms with E-state index in [2.05, 4.69) is 43.0 Å². The van der Waals surface area contributed by atoms with Gasteiger partial charge in [-0.3, -0.25) is 4.90 Å². The van der Waals surface area contributed by atoms with Gasteiger partial charge in [-0.1, -0.05) is 38.1 Å². The van der Waals surface area contributed by atoms with Gasteiger partial charge in [-0.2, -0.15) is 0 Å². The zero-order valence-corrected chi connectivity index (χ0v) is 10.4. The van der Waals surface area contributed by atoms with Crippen LogP contribution in [0.3, 0.4) is 0 Å². The Morgan fingerprint density at radius 2 is 2.06 bits per heavy atom. The molecule has 0 unspecified atom stereocenters. The van der Waals surface area contributed by atoms with E-state index in [1.807, 2.05) is 0 Å². The molecule has 2 N–H and O–H groups in total. The van der Waals surface area contributed by atoms with E-state index in [9.17, 15) is 0 Å². The van der Waals surface area contributed by atoms with Crippen LogP contribution in [-0.4, -0.2) is 18.0 Å². The minimum atomic E-state index is 0.492. The van der Waals surface area contributed by atoms with Crippen molar-refractivity contribution < 1.29 is 0 Å². The second kappa shape index (κ2) is 4.56. The molecule has 2 heteroatoms. The van der Waals surface area contributed by atoms with Crippen LogP contribution in [0.4, 0.5) is 0 Å². The Balaban J connectivity index is 1.99. The average molecular weight is 218 g/mol. The molecule has 1 saturated heterocycles. The molecule has 2 nitrogen and oxygen atoms in total. The number of nitrogens with two attached hydrogens (primary N) is 1. The maximum absolute atomic E-state index is 5.66. The Kier molecular flexibility index (Phi) is 3.31. The average Bonchev–Trinajstić information content (AvgIpc) is 2.58. The van der Waals surface area contributed by atoms with E-state index in [4.69, 9.17) is 5.73 Å². The molecule has 0 aromatic heterocycles. The normalized spacial score (nSPS) is 20.2. The molecule has 2 rings (SSSR count). The lowest BCUT2D eigenvalue weighted by Crippen LogP contribution is -2.22. The monoisotopic (exact) mass is 218 g/mol. The number of hydrogen-bond donors (Lipinski definition) is 1. The van der Waals surface area contributed by atoms with Crippen LogP contribution in [0.25, 0.3) is 0 Å². The Morgan fingerprint density at radius 3 is 2.69 bits per heavy atom. The highest BCUT2D eigenvalue weighted by Crippen LogP contribution is 2.29. The SMILES string of the molecule is CC1(C)CCN(Cc2cccc(CN)c2)C1. The van der Waals surface area contributed by atoms with Gasteiger partial charge in [0.15, 0.2) is 0 Å². The highest BCUT2D eigenvalue weighted by Gasteiger charge is 2.28. The van der Waals surface area contributed by atoms with Crippen LogP contribution in [0, 0.1) is 5.41 Å². The fourth-order valence-electron chi connectivity index (χ4n) is 2.47. The first-order chi connectivity index (χ1) is 7.59. The summed E-state index contributed by atoms with van der Waals surface area (Å²) in [4.78, 5) is 2.54. The molecular formula is C14H22N2. The van der Waals surface area contributed by atoms with Crippen molar-refractivity contribution in [2.45, 2.75) is 33.4 Å². The maximum atomic E-state index is 5.66. The summed E-state index contributed by atoms with van der Waals surface area (Å²) in [6.07, 6.45) is 1.31. The number of rotatable bonds is 3. The van der Waals surface area contributed by atoms with Crippen LogP contribution in [0.15, 0.2) is 24.3 Å². The molecule has 1 aromatic carbocycles. The molecule has 88 valence electrons. The summed E-state index contributed by atoms with van der Waals surface area (Å²) in [5.41, 5.74) is 8.77. The predicted molar refractivity (Wildman–Crippen MR) is 68.0 cm³/mol. The van der Waals surface area contributed by atoms with Crippen molar-refractivity contribution in [1.29, 1.82) is 0 Å². The van der Waals surface area contributed by atoms with Crippen LogP contribution in [0.2, 0.25) is 0 Å². The van der Waals surface area contributed by atoms with E-state index in [0.29, 0.717) is 12.0 Å². The summed E-state index contributed by atoms with van der Waals surface area (Å²) in [5, 5.41) is 0. The first-order valence-electron chi connectivity index (χ1n) is 6.09. The van der Waals surface area contributed by atoms with Gasteiger partial charge in [0.25, 0.3) is 0 Å². The number of nitrogens with zero attached hydrogens (tertiary/aromatic N) is 1. The zero-order chi connectivity index (χ0) is 11.6. The van der Waals surface area contributed by atoms with Gasteiger partial charge in [-0.05, 0) is 29.5 Å². The van der Waals surface area contributed by atoms with Gasteiger partial charge >= 0.3 is 0 Å². The minimum Gasteiger partial charge on any atom is -0.326 e. The smallest absolute Gasteiger partial charge is 0.0234 e. The summed E-state index contributed by atoms with van der Waals surface area (Å²) in [6, 6.07) is 8.63. The molecule has 1 aromatic rings. The van der Waals surface area contributed by atoms with Gasteiger partial charge < -0.3 is 5.73 Å². The van der Waals surface area contributed by atoms with E-state index >= 15 is 0 Å². The highest BCUT2D eigenvalue weighted by atomic mass is 15.1. The van der Waals surface area contributed by atoms with Crippen LogP contribution >= 0.6 is 0 Å². The third kappa shape index (κ3) is 2.83. The van der Waals surface area contributed by atoms with Crippen LogP contribution < -0.4 is 5.73 Å². The third-order valence-corrected chi connectivity index (χ3v) is 3.39. The molecule has 0 spiro atoms. The molecule has 1 fully saturated rings. The molecule has 1 aliphatic heterocycles. The van der Waals surface area contributed by atoms with Gasteiger partial charge in [-0.25, -0.2) is 0 Å². The van der Waals surface area contributed by atoms with E-state index < -0.39 is 0 Å². The third-order valence-electron chi connectivity index (χ3n) is 3.39. The van der Waals surface area contributed by atoms with Crippen molar-refractivity contribution in [1.82, 2.24) is 4.90 Å². The topological polar surface area (TPSA) is 29.3 Å². The van der Waals surface area contributed by atoms with Crippen LogP contribution in [0.1, 0.15) is 31.4 Å². The number of hydrogen-bond acceptors (Lipinski definition) is 2. The van der Waals surface area contributed by atoms with Gasteiger partial charge in [0.05, 0.1) is 0 Å². The minimum absolute atomic E-state index is 0.492. The first-order valence-corrected chi connectivity index (χ1v) is 6.09. The Labute approximate surface area is 98.4 Å². The Bertz CT molecular complexity index is 358. The molecular weight excluding hydrogens is 196 g/mol. The van der Waals surface area contributed by atoms with Crippen LogP contribution in [-0.2, 0) is 13.1 Å². The Morgan fingerprint density at radius 1 is 1.31 bits per heavy atom. The predicted octanol–water partition coefficient (Wildman–Crippen LogP) is 2.38. The molecule has 0 amide bonds. The van der Waals surface area contributed by atoms with Gasteiger partial charge in [-0.15, -0.1) is 0 Å². The quantitative estimate of drug-likeness (QED) is 0.844. The summed E-state index contributed by atoms with van der Waals surface area (Å²) in [5.74, 6) is 0. The lowest BCUT2D eigenvalue weighted by atomic mass is 9.93. The summed E-state index contributed by atoms with van der Waals surface area (Å²) < 4.78 is 0. The van der Waals surface area contributed by atoms with Crippen molar-refractivity contribution in [3.63, 3.8) is 0 Å². The van der Waals surface area contributed by atoms with E-state index in [1.54, 1.807) is 0 Å². The largest absolute Gasteiger partial charge is 0.326 e. The van der Waals surface area contributed by atoms with Crippen molar-refractivity contribution >= 4 is 0 Å². The molecule has 1 heterocycles. The van der Waals surface area contributed by atoms with E-state index in [1.165, 1.54) is 30.6 Å². The van der Waals surface area contributed by atoms with E-state index in [-0.39, 0.29) is 0 Å². The molecule has 0 aliphatic carbocycles.